The summed E-state index contributed by atoms with van der Waals surface area (Å²) in [6.45, 7) is 0.714. The summed E-state index contributed by atoms with van der Waals surface area (Å²) in [5, 5.41) is 2.93. The summed E-state index contributed by atoms with van der Waals surface area (Å²) in [5.41, 5.74) is 0.364. The number of carbonyl (C=O) groups is 1. The van der Waals surface area contributed by atoms with Crippen molar-refractivity contribution < 1.29 is 9.18 Å². The van der Waals surface area contributed by atoms with Gasteiger partial charge in [0.15, 0.2) is 0 Å². The average molecular weight is 287 g/mol. The first-order chi connectivity index (χ1) is 7.58. The first-order valence-electron chi connectivity index (χ1n) is 5.04. The molecule has 0 bridgehead atoms. The van der Waals surface area contributed by atoms with E-state index in [1.807, 2.05) is 0 Å². The molecule has 1 aromatic carbocycles. The predicted octanol–water partition coefficient (Wildman–Crippen LogP) is 2.23. The van der Waals surface area contributed by atoms with Crippen molar-refractivity contribution in [3.8, 4) is 0 Å². The van der Waals surface area contributed by atoms with Crippen molar-refractivity contribution in [3.63, 3.8) is 0 Å². The van der Waals surface area contributed by atoms with Gasteiger partial charge >= 0.3 is 0 Å². The van der Waals surface area contributed by atoms with Crippen LogP contribution < -0.4 is 5.32 Å². The number of hydrogen-bond donors (Lipinski definition) is 1. The number of carbonyl (C=O) groups excluding carboxylic acids is 1. The molecular weight excluding hydrogens is 275 g/mol. The van der Waals surface area contributed by atoms with Gasteiger partial charge in [0.2, 0.25) is 5.91 Å². The molecule has 0 aliphatic carbocycles. The fourth-order valence-corrected chi connectivity index (χ4v) is 2.11. The maximum Gasteiger partial charge on any atom is 0.244 e. The molecule has 5 heteroatoms. The molecule has 86 valence electrons. The van der Waals surface area contributed by atoms with Crippen molar-refractivity contribution in [3.05, 3.63) is 28.5 Å². The van der Waals surface area contributed by atoms with E-state index < -0.39 is 0 Å². The highest BCUT2D eigenvalue weighted by atomic mass is 79.9. The highest BCUT2D eigenvalue weighted by Gasteiger charge is 2.29. The van der Waals surface area contributed by atoms with Crippen molar-refractivity contribution in [2.24, 2.45) is 0 Å². The third-order valence-corrected chi connectivity index (χ3v) is 3.18. The standard InChI is InChI=1S/C11H12BrFN2O/c1-15-5-4-9(11(15)16)14-10-6-7(12)2-3-8(10)13/h2-3,6,9,14H,4-5H2,1H3. The van der Waals surface area contributed by atoms with Gasteiger partial charge in [-0.25, -0.2) is 4.39 Å². The van der Waals surface area contributed by atoms with Crippen molar-refractivity contribution in [1.29, 1.82) is 0 Å². The first kappa shape index (κ1) is 11.4. The van der Waals surface area contributed by atoms with Crippen LogP contribution in [0.15, 0.2) is 22.7 Å². The van der Waals surface area contributed by atoms with Gasteiger partial charge in [0.25, 0.3) is 0 Å². The van der Waals surface area contributed by atoms with E-state index in [2.05, 4.69) is 21.2 Å². The number of likely N-dealkylation sites (tertiary alicyclic amines) is 1. The third kappa shape index (κ3) is 2.19. The lowest BCUT2D eigenvalue weighted by atomic mass is 10.2. The summed E-state index contributed by atoms with van der Waals surface area (Å²) in [6, 6.07) is 4.33. The molecule has 1 unspecified atom stereocenters. The quantitative estimate of drug-likeness (QED) is 0.904. The van der Waals surface area contributed by atoms with Crippen LogP contribution >= 0.6 is 15.9 Å². The SMILES string of the molecule is CN1CCC(Nc2cc(Br)ccc2F)C1=O. The van der Waals surface area contributed by atoms with Gasteiger partial charge in [-0.3, -0.25) is 4.79 Å². The average Bonchev–Trinajstić information content (AvgIpc) is 2.55. The van der Waals surface area contributed by atoms with Gasteiger partial charge in [-0.15, -0.1) is 0 Å². The predicted molar refractivity (Wildman–Crippen MR) is 63.8 cm³/mol. The second kappa shape index (κ2) is 4.41. The lowest BCUT2D eigenvalue weighted by Crippen LogP contribution is -2.31. The number of hydrogen-bond acceptors (Lipinski definition) is 2. The second-order valence-corrected chi connectivity index (χ2v) is 4.79. The number of likely N-dealkylation sites (N-methyl/N-ethyl adjacent to an activating group) is 1. The smallest absolute Gasteiger partial charge is 0.244 e. The molecule has 2 rings (SSSR count). The van der Waals surface area contributed by atoms with Crippen LogP contribution in [0.25, 0.3) is 0 Å². The molecule has 1 aromatic rings. The minimum atomic E-state index is -0.342. The van der Waals surface area contributed by atoms with E-state index in [-0.39, 0.29) is 17.8 Å². The normalized spacial score (nSPS) is 20.3. The molecule has 0 saturated carbocycles. The van der Waals surface area contributed by atoms with E-state index in [0.29, 0.717) is 18.7 Å². The Morgan fingerprint density at radius 3 is 2.94 bits per heavy atom. The third-order valence-electron chi connectivity index (χ3n) is 2.69. The Hall–Kier alpha value is -1.10. The Bertz CT molecular complexity index is 424. The van der Waals surface area contributed by atoms with E-state index in [1.165, 1.54) is 6.07 Å². The van der Waals surface area contributed by atoms with Gasteiger partial charge in [0.05, 0.1) is 5.69 Å². The zero-order chi connectivity index (χ0) is 11.7. The van der Waals surface area contributed by atoms with Crippen LogP contribution in [-0.2, 0) is 4.79 Å². The van der Waals surface area contributed by atoms with Crippen molar-refractivity contribution in [2.45, 2.75) is 12.5 Å². The summed E-state index contributed by atoms with van der Waals surface area (Å²) in [6.07, 6.45) is 0.710. The number of rotatable bonds is 2. The molecule has 1 N–H and O–H groups in total. The van der Waals surface area contributed by atoms with E-state index in [0.717, 1.165) is 4.47 Å². The number of amides is 1. The van der Waals surface area contributed by atoms with E-state index >= 15 is 0 Å². The number of anilines is 1. The van der Waals surface area contributed by atoms with Crippen LogP contribution in [0.3, 0.4) is 0 Å². The molecule has 16 heavy (non-hydrogen) atoms. The van der Waals surface area contributed by atoms with Gasteiger partial charge in [-0.2, -0.15) is 0 Å². The Kier molecular flexibility index (Phi) is 3.14. The van der Waals surface area contributed by atoms with E-state index in [1.54, 1.807) is 24.1 Å². The van der Waals surface area contributed by atoms with Gasteiger partial charge in [-0.05, 0) is 24.6 Å². The molecule has 0 spiro atoms. The molecule has 1 fully saturated rings. The fourth-order valence-electron chi connectivity index (χ4n) is 1.75. The van der Waals surface area contributed by atoms with Crippen LogP contribution in [0.5, 0.6) is 0 Å². The van der Waals surface area contributed by atoms with Crippen molar-refractivity contribution in [2.75, 3.05) is 18.9 Å². The Morgan fingerprint density at radius 1 is 1.56 bits per heavy atom. The summed E-state index contributed by atoms with van der Waals surface area (Å²) in [7, 11) is 1.75. The zero-order valence-electron chi connectivity index (χ0n) is 8.84. The van der Waals surface area contributed by atoms with Gasteiger partial charge < -0.3 is 10.2 Å². The molecule has 1 heterocycles. The Morgan fingerprint density at radius 2 is 2.31 bits per heavy atom. The number of halogens is 2. The van der Waals surface area contributed by atoms with Gasteiger partial charge in [-0.1, -0.05) is 15.9 Å². The molecule has 1 atom stereocenters. The second-order valence-electron chi connectivity index (χ2n) is 3.87. The van der Waals surface area contributed by atoms with Crippen LogP contribution in [0.2, 0.25) is 0 Å². The maximum absolute atomic E-state index is 13.4. The minimum absolute atomic E-state index is 0.0133. The number of nitrogens with zero attached hydrogens (tertiary/aromatic N) is 1. The highest BCUT2D eigenvalue weighted by molar-refractivity contribution is 9.10. The van der Waals surface area contributed by atoms with Crippen molar-refractivity contribution in [1.82, 2.24) is 4.90 Å². The Labute approximate surface area is 102 Å². The van der Waals surface area contributed by atoms with Crippen LogP contribution in [0.1, 0.15) is 6.42 Å². The van der Waals surface area contributed by atoms with Gasteiger partial charge in [0.1, 0.15) is 11.9 Å². The molecular formula is C11H12BrFN2O. The first-order valence-corrected chi connectivity index (χ1v) is 5.84. The molecule has 1 saturated heterocycles. The van der Waals surface area contributed by atoms with E-state index in [4.69, 9.17) is 0 Å². The summed E-state index contributed by atoms with van der Waals surface area (Å²) in [4.78, 5) is 13.3. The molecule has 1 aliphatic heterocycles. The summed E-state index contributed by atoms with van der Waals surface area (Å²) >= 11 is 3.27. The number of benzene rings is 1. The van der Waals surface area contributed by atoms with Crippen LogP contribution in [-0.4, -0.2) is 30.4 Å². The lowest BCUT2D eigenvalue weighted by molar-refractivity contribution is -0.127. The molecule has 1 amide bonds. The largest absolute Gasteiger partial charge is 0.371 e. The van der Waals surface area contributed by atoms with Gasteiger partial charge in [0, 0.05) is 18.1 Å². The molecule has 3 nitrogen and oxygen atoms in total. The molecule has 0 aromatic heterocycles. The molecule has 1 aliphatic rings. The van der Waals surface area contributed by atoms with E-state index in [9.17, 15) is 9.18 Å². The monoisotopic (exact) mass is 286 g/mol. The maximum atomic E-state index is 13.4. The van der Waals surface area contributed by atoms with Crippen LogP contribution in [0.4, 0.5) is 10.1 Å². The Balaban J connectivity index is 2.15. The summed E-state index contributed by atoms with van der Waals surface area (Å²) in [5.74, 6) is -0.329. The minimum Gasteiger partial charge on any atom is -0.371 e. The number of nitrogens with one attached hydrogen (secondary N) is 1. The fraction of sp³-hybridized carbons (Fsp3) is 0.364. The topological polar surface area (TPSA) is 32.3 Å². The summed E-state index contributed by atoms with van der Waals surface area (Å²) < 4.78 is 14.2. The lowest BCUT2D eigenvalue weighted by Gasteiger charge is -2.14. The van der Waals surface area contributed by atoms with Crippen molar-refractivity contribution >= 4 is 27.5 Å². The zero-order valence-corrected chi connectivity index (χ0v) is 10.4. The van der Waals surface area contributed by atoms with Crippen LogP contribution in [0, 0.1) is 5.82 Å². The molecule has 0 radical (unpaired) electrons. The highest BCUT2D eigenvalue weighted by Crippen LogP contribution is 2.23.